The van der Waals surface area contributed by atoms with Gasteiger partial charge in [0.2, 0.25) is 5.95 Å². The summed E-state index contributed by atoms with van der Waals surface area (Å²) in [5.41, 5.74) is 2.84. The van der Waals surface area contributed by atoms with Gasteiger partial charge in [0, 0.05) is 37.4 Å². The van der Waals surface area contributed by atoms with Crippen molar-refractivity contribution in [1.29, 1.82) is 0 Å². The number of H-pyrrole nitrogens is 1. The van der Waals surface area contributed by atoms with Gasteiger partial charge in [0.1, 0.15) is 5.75 Å². The van der Waals surface area contributed by atoms with Crippen LogP contribution in [0.25, 0.3) is 0 Å². The van der Waals surface area contributed by atoms with E-state index in [1.165, 1.54) is 19.3 Å². The van der Waals surface area contributed by atoms with Gasteiger partial charge in [-0.05, 0) is 31.9 Å². The summed E-state index contributed by atoms with van der Waals surface area (Å²) in [5, 5.41) is 0. The Hall–Kier alpha value is -2.50. The lowest BCUT2D eigenvalue weighted by Crippen LogP contribution is -2.47. The summed E-state index contributed by atoms with van der Waals surface area (Å²) in [6.45, 7) is 7.51. The van der Waals surface area contributed by atoms with Crippen LogP contribution in [0.3, 0.4) is 0 Å². The topological polar surface area (TPSA) is 61.5 Å². The summed E-state index contributed by atoms with van der Waals surface area (Å²) in [7, 11) is 1.70. The number of anilines is 2. The first-order valence-electron chi connectivity index (χ1n) is 10.4. The van der Waals surface area contributed by atoms with E-state index in [1.54, 1.807) is 7.11 Å². The van der Waals surface area contributed by atoms with E-state index in [0.29, 0.717) is 5.95 Å². The number of para-hydroxylation sites is 2. The van der Waals surface area contributed by atoms with E-state index in [1.807, 2.05) is 25.1 Å². The lowest BCUT2D eigenvalue weighted by molar-refractivity contribution is 0.413. The first-order chi connectivity index (χ1) is 13.6. The van der Waals surface area contributed by atoms with E-state index in [0.717, 1.165) is 61.7 Å². The van der Waals surface area contributed by atoms with Crippen LogP contribution in [0.1, 0.15) is 43.9 Å². The van der Waals surface area contributed by atoms with Crippen molar-refractivity contribution in [3.05, 3.63) is 45.9 Å². The van der Waals surface area contributed by atoms with E-state index in [4.69, 9.17) is 9.72 Å². The SMILES string of the molecule is CCCCCCc1c(C)nc(N2CCN(c3ccccc3OC)CC2)[nH]c1=O. The van der Waals surface area contributed by atoms with Gasteiger partial charge in [-0.15, -0.1) is 0 Å². The molecule has 1 aliphatic heterocycles. The number of methoxy groups -OCH3 is 1. The molecule has 0 bridgehead atoms. The molecule has 1 aromatic carbocycles. The second-order valence-electron chi connectivity index (χ2n) is 7.41. The van der Waals surface area contributed by atoms with Crippen molar-refractivity contribution >= 4 is 11.6 Å². The quantitative estimate of drug-likeness (QED) is 0.706. The summed E-state index contributed by atoms with van der Waals surface area (Å²) in [4.78, 5) is 24.8. The second-order valence-corrected chi connectivity index (χ2v) is 7.41. The van der Waals surface area contributed by atoms with Gasteiger partial charge in [-0.3, -0.25) is 9.78 Å². The number of nitrogens with one attached hydrogen (secondary N) is 1. The van der Waals surface area contributed by atoms with Crippen LogP contribution in [0.15, 0.2) is 29.1 Å². The van der Waals surface area contributed by atoms with Gasteiger partial charge < -0.3 is 14.5 Å². The molecular weight excluding hydrogens is 352 g/mol. The van der Waals surface area contributed by atoms with Crippen molar-refractivity contribution in [3.63, 3.8) is 0 Å². The Morgan fingerprint density at radius 3 is 2.46 bits per heavy atom. The summed E-state index contributed by atoms with van der Waals surface area (Å²) >= 11 is 0. The zero-order chi connectivity index (χ0) is 19.9. The largest absolute Gasteiger partial charge is 0.495 e. The fraction of sp³-hybridized carbons (Fsp3) is 0.545. The van der Waals surface area contributed by atoms with Gasteiger partial charge in [-0.2, -0.15) is 0 Å². The van der Waals surface area contributed by atoms with Gasteiger partial charge in [-0.1, -0.05) is 38.3 Å². The maximum atomic E-state index is 12.6. The Morgan fingerprint density at radius 1 is 1.07 bits per heavy atom. The van der Waals surface area contributed by atoms with Crippen molar-refractivity contribution in [3.8, 4) is 5.75 Å². The third kappa shape index (κ3) is 4.66. The number of hydrogen-bond acceptors (Lipinski definition) is 5. The molecule has 6 nitrogen and oxygen atoms in total. The van der Waals surface area contributed by atoms with Crippen LogP contribution in [-0.4, -0.2) is 43.3 Å². The van der Waals surface area contributed by atoms with Gasteiger partial charge >= 0.3 is 0 Å². The Bertz CT molecular complexity index is 826. The van der Waals surface area contributed by atoms with Crippen LogP contribution < -0.4 is 20.1 Å². The highest BCUT2D eigenvalue weighted by molar-refractivity contribution is 5.59. The molecule has 28 heavy (non-hydrogen) atoms. The summed E-state index contributed by atoms with van der Waals surface area (Å²) < 4.78 is 5.49. The van der Waals surface area contributed by atoms with Crippen molar-refractivity contribution in [2.45, 2.75) is 46.0 Å². The van der Waals surface area contributed by atoms with Crippen LogP contribution in [0.4, 0.5) is 11.6 Å². The van der Waals surface area contributed by atoms with E-state index in [9.17, 15) is 4.79 Å². The average Bonchev–Trinajstić information content (AvgIpc) is 2.72. The van der Waals surface area contributed by atoms with E-state index in [2.05, 4.69) is 27.8 Å². The molecule has 152 valence electrons. The van der Waals surface area contributed by atoms with Crippen LogP contribution >= 0.6 is 0 Å². The van der Waals surface area contributed by atoms with E-state index in [-0.39, 0.29) is 5.56 Å². The van der Waals surface area contributed by atoms with Crippen LogP contribution in [0, 0.1) is 6.92 Å². The van der Waals surface area contributed by atoms with Crippen molar-refractivity contribution in [2.24, 2.45) is 0 Å². The van der Waals surface area contributed by atoms with Crippen molar-refractivity contribution < 1.29 is 4.74 Å². The number of ether oxygens (including phenoxy) is 1. The number of rotatable bonds is 8. The average molecular weight is 385 g/mol. The monoisotopic (exact) mass is 384 g/mol. The number of unbranched alkanes of at least 4 members (excludes halogenated alkanes) is 3. The molecule has 1 aromatic heterocycles. The summed E-state index contributed by atoms with van der Waals surface area (Å²) in [6, 6.07) is 8.10. The maximum Gasteiger partial charge on any atom is 0.255 e. The number of aromatic amines is 1. The smallest absolute Gasteiger partial charge is 0.255 e. The lowest BCUT2D eigenvalue weighted by Gasteiger charge is -2.36. The van der Waals surface area contributed by atoms with Gasteiger partial charge in [0.25, 0.3) is 5.56 Å². The highest BCUT2D eigenvalue weighted by atomic mass is 16.5. The van der Waals surface area contributed by atoms with E-state index < -0.39 is 0 Å². The standard InChI is InChI=1S/C22H32N4O2/c1-4-5-6-7-10-18-17(2)23-22(24-21(18)27)26-15-13-25(14-16-26)19-11-8-9-12-20(19)28-3/h8-9,11-12H,4-7,10,13-16H2,1-3H3,(H,23,24,27). The molecular formula is C22H32N4O2. The minimum atomic E-state index is 0.0196. The first kappa shape index (κ1) is 20.2. The normalized spacial score (nSPS) is 14.4. The zero-order valence-corrected chi connectivity index (χ0v) is 17.3. The molecule has 0 aliphatic carbocycles. The highest BCUT2D eigenvalue weighted by Crippen LogP contribution is 2.28. The fourth-order valence-corrected chi connectivity index (χ4v) is 3.82. The third-order valence-electron chi connectivity index (χ3n) is 5.50. The molecule has 0 radical (unpaired) electrons. The maximum absolute atomic E-state index is 12.6. The second kappa shape index (κ2) is 9.62. The molecule has 2 heterocycles. The molecule has 1 fully saturated rings. The summed E-state index contributed by atoms with van der Waals surface area (Å²) in [6.07, 6.45) is 5.46. The Kier molecular flexibility index (Phi) is 6.95. The first-order valence-corrected chi connectivity index (χ1v) is 10.4. The fourth-order valence-electron chi connectivity index (χ4n) is 3.82. The molecule has 6 heteroatoms. The Labute approximate surface area is 167 Å². The van der Waals surface area contributed by atoms with Gasteiger partial charge in [0.05, 0.1) is 12.8 Å². The molecule has 0 spiro atoms. The molecule has 0 unspecified atom stereocenters. The number of nitrogens with zero attached hydrogens (tertiary/aromatic N) is 3. The lowest BCUT2D eigenvalue weighted by atomic mass is 10.1. The van der Waals surface area contributed by atoms with Crippen LogP contribution in [0.2, 0.25) is 0 Å². The number of hydrogen-bond donors (Lipinski definition) is 1. The predicted molar refractivity (Wildman–Crippen MR) is 115 cm³/mol. The van der Waals surface area contributed by atoms with Crippen molar-refractivity contribution in [2.75, 3.05) is 43.1 Å². The van der Waals surface area contributed by atoms with Gasteiger partial charge in [0.15, 0.2) is 0 Å². The minimum absolute atomic E-state index is 0.0196. The number of aromatic nitrogens is 2. The van der Waals surface area contributed by atoms with Crippen LogP contribution in [-0.2, 0) is 6.42 Å². The molecule has 1 N–H and O–H groups in total. The number of benzene rings is 1. The summed E-state index contributed by atoms with van der Waals surface area (Å²) in [5.74, 6) is 1.59. The third-order valence-corrected chi connectivity index (χ3v) is 5.50. The van der Waals surface area contributed by atoms with E-state index >= 15 is 0 Å². The molecule has 1 saturated heterocycles. The molecule has 0 atom stereocenters. The molecule has 2 aromatic rings. The Balaban J connectivity index is 1.65. The number of aryl methyl sites for hydroxylation is 1. The highest BCUT2D eigenvalue weighted by Gasteiger charge is 2.21. The molecule has 1 aliphatic rings. The van der Waals surface area contributed by atoms with Crippen molar-refractivity contribution in [1.82, 2.24) is 9.97 Å². The molecule has 3 rings (SSSR count). The molecule has 0 saturated carbocycles. The minimum Gasteiger partial charge on any atom is -0.495 e. The predicted octanol–water partition coefficient (Wildman–Crippen LogP) is 3.54. The number of piperazine rings is 1. The zero-order valence-electron chi connectivity index (χ0n) is 17.3. The Morgan fingerprint density at radius 2 is 1.79 bits per heavy atom. The van der Waals surface area contributed by atoms with Crippen LogP contribution in [0.5, 0.6) is 5.75 Å². The molecule has 0 amide bonds. The van der Waals surface area contributed by atoms with Gasteiger partial charge in [-0.25, -0.2) is 4.98 Å².